The molecular weight excluding hydrogens is 338 g/mol. The predicted octanol–water partition coefficient (Wildman–Crippen LogP) is 1.46. The highest BCUT2D eigenvalue weighted by atomic mass is 16.2. The number of piperidine rings is 1. The Labute approximate surface area is 163 Å². The number of piperazine rings is 1. The number of hydrogen-bond donors (Lipinski definition) is 0. The van der Waals surface area contributed by atoms with Gasteiger partial charge in [-0.3, -0.25) is 19.6 Å². The van der Waals surface area contributed by atoms with Gasteiger partial charge in [-0.2, -0.15) is 0 Å². The molecule has 0 aliphatic carbocycles. The first-order chi connectivity index (χ1) is 13.1. The van der Waals surface area contributed by atoms with Crippen LogP contribution in [0.3, 0.4) is 0 Å². The molecule has 0 aromatic carbocycles. The summed E-state index contributed by atoms with van der Waals surface area (Å²) in [5, 5.41) is 0. The number of likely N-dealkylation sites (N-methyl/N-ethyl adjacent to an activating group) is 1. The van der Waals surface area contributed by atoms with Crippen molar-refractivity contribution in [3.63, 3.8) is 0 Å². The number of carbonyl (C=O) groups excluding carboxylic acids is 1. The molecule has 27 heavy (non-hydrogen) atoms. The number of nitrogens with zero attached hydrogens (tertiary/aromatic N) is 5. The van der Waals surface area contributed by atoms with Crippen LogP contribution in [0.25, 0.3) is 0 Å². The van der Waals surface area contributed by atoms with E-state index < -0.39 is 0 Å². The summed E-state index contributed by atoms with van der Waals surface area (Å²) < 4.78 is 0. The maximum Gasteiger partial charge on any atom is 0.244 e. The molecule has 0 radical (unpaired) electrons. The molecule has 1 aromatic rings. The molecule has 1 atom stereocenters. The van der Waals surface area contributed by atoms with Crippen LogP contribution in [0.5, 0.6) is 0 Å². The summed E-state index contributed by atoms with van der Waals surface area (Å²) in [7, 11) is 4.44. The van der Waals surface area contributed by atoms with Crippen LogP contribution in [-0.2, 0) is 4.79 Å². The number of hydrogen-bond acceptors (Lipinski definition) is 5. The van der Waals surface area contributed by atoms with Crippen LogP contribution in [-0.4, -0.2) is 95.9 Å². The Kier molecular flexibility index (Phi) is 5.48. The van der Waals surface area contributed by atoms with Crippen LogP contribution >= 0.6 is 0 Å². The Hall–Kier alpha value is -1.50. The van der Waals surface area contributed by atoms with Crippen molar-refractivity contribution in [2.45, 2.75) is 37.3 Å². The van der Waals surface area contributed by atoms with Crippen molar-refractivity contribution in [1.29, 1.82) is 0 Å². The average molecular weight is 372 g/mol. The number of rotatable bonds is 3. The van der Waals surface area contributed by atoms with E-state index in [1.165, 1.54) is 12.8 Å². The monoisotopic (exact) mass is 371 g/mol. The van der Waals surface area contributed by atoms with Crippen molar-refractivity contribution >= 4 is 5.91 Å². The van der Waals surface area contributed by atoms with Gasteiger partial charge >= 0.3 is 0 Å². The smallest absolute Gasteiger partial charge is 0.244 e. The van der Waals surface area contributed by atoms with Crippen LogP contribution < -0.4 is 0 Å². The highest BCUT2D eigenvalue weighted by Gasteiger charge is 2.44. The quantitative estimate of drug-likeness (QED) is 0.805. The second-order valence-electron chi connectivity index (χ2n) is 8.64. The molecule has 4 rings (SSSR count). The zero-order valence-corrected chi connectivity index (χ0v) is 16.8. The second-order valence-corrected chi connectivity index (χ2v) is 8.64. The minimum absolute atomic E-state index is 0.144. The highest BCUT2D eigenvalue weighted by Crippen LogP contribution is 2.34. The molecule has 0 saturated carbocycles. The molecular formula is C21H33N5O. The predicted molar refractivity (Wildman–Crippen MR) is 106 cm³/mol. The molecule has 1 aromatic heterocycles. The Morgan fingerprint density at radius 3 is 2.48 bits per heavy atom. The van der Waals surface area contributed by atoms with E-state index in [0.29, 0.717) is 0 Å². The molecule has 1 unspecified atom stereocenters. The van der Waals surface area contributed by atoms with Gasteiger partial charge < -0.3 is 9.80 Å². The largest absolute Gasteiger partial charge is 0.338 e. The molecule has 3 aliphatic heterocycles. The van der Waals surface area contributed by atoms with Crippen LogP contribution in [0.15, 0.2) is 24.5 Å². The normalized spacial score (nSPS) is 25.8. The van der Waals surface area contributed by atoms with Gasteiger partial charge in [0.1, 0.15) is 6.04 Å². The zero-order chi connectivity index (χ0) is 18.9. The molecule has 6 heteroatoms. The molecule has 3 aliphatic rings. The Morgan fingerprint density at radius 1 is 1.07 bits per heavy atom. The maximum absolute atomic E-state index is 13.7. The van der Waals surface area contributed by atoms with Gasteiger partial charge in [0.2, 0.25) is 5.91 Å². The second kappa shape index (κ2) is 7.86. The number of amides is 1. The summed E-state index contributed by atoms with van der Waals surface area (Å²) in [6, 6.07) is 3.84. The Balaban J connectivity index is 1.56. The number of pyridine rings is 1. The first-order valence-electron chi connectivity index (χ1n) is 10.4. The number of carbonyl (C=O) groups is 1. The summed E-state index contributed by atoms with van der Waals surface area (Å²) >= 11 is 0. The molecule has 1 spiro atoms. The number of aromatic nitrogens is 1. The minimum Gasteiger partial charge on any atom is -0.338 e. The fraction of sp³-hybridized carbons (Fsp3) is 0.714. The molecule has 0 N–H and O–H groups in total. The van der Waals surface area contributed by atoms with Crippen LogP contribution in [0, 0.1) is 0 Å². The van der Waals surface area contributed by atoms with Crippen LogP contribution in [0.1, 0.15) is 37.3 Å². The van der Waals surface area contributed by atoms with Gasteiger partial charge in [0.25, 0.3) is 0 Å². The standard InChI is InChI=1S/C21H33N5O/c1-23-12-7-21(8-13-23)17-26(15-14-24(21)2)20(27)19(25-10-3-4-11-25)18-6-5-9-22-16-18/h5-6,9,16,19H,3-4,7-8,10-15,17H2,1-2H3. The topological polar surface area (TPSA) is 42.9 Å². The third-order valence-corrected chi connectivity index (χ3v) is 6.97. The van der Waals surface area contributed by atoms with Crippen molar-refractivity contribution in [1.82, 2.24) is 24.6 Å². The van der Waals surface area contributed by atoms with E-state index in [1.54, 1.807) is 6.20 Å². The molecule has 3 fully saturated rings. The lowest BCUT2D eigenvalue weighted by molar-refractivity contribution is -0.143. The molecule has 6 nitrogen and oxygen atoms in total. The average Bonchev–Trinajstić information content (AvgIpc) is 3.21. The third kappa shape index (κ3) is 3.75. The summed E-state index contributed by atoms with van der Waals surface area (Å²) in [5.74, 6) is 0.274. The third-order valence-electron chi connectivity index (χ3n) is 6.97. The van der Waals surface area contributed by atoms with E-state index in [-0.39, 0.29) is 17.5 Å². The molecule has 3 saturated heterocycles. The van der Waals surface area contributed by atoms with E-state index in [9.17, 15) is 4.79 Å². The molecule has 0 bridgehead atoms. The zero-order valence-electron chi connectivity index (χ0n) is 16.8. The van der Waals surface area contributed by atoms with Crippen molar-refractivity contribution < 1.29 is 4.79 Å². The van der Waals surface area contributed by atoms with Crippen molar-refractivity contribution in [2.75, 3.05) is 59.9 Å². The van der Waals surface area contributed by atoms with E-state index >= 15 is 0 Å². The van der Waals surface area contributed by atoms with Gasteiger partial charge in [-0.1, -0.05) is 6.07 Å². The Morgan fingerprint density at radius 2 is 1.81 bits per heavy atom. The molecule has 4 heterocycles. The highest BCUT2D eigenvalue weighted by molar-refractivity contribution is 5.83. The lowest BCUT2D eigenvalue weighted by Crippen LogP contribution is -2.65. The van der Waals surface area contributed by atoms with Gasteiger partial charge in [-0.25, -0.2) is 0 Å². The van der Waals surface area contributed by atoms with E-state index in [4.69, 9.17) is 0 Å². The molecule has 1 amide bonds. The lowest BCUT2D eigenvalue weighted by Gasteiger charge is -2.53. The van der Waals surface area contributed by atoms with Crippen molar-refractivity contribution in [3.8, 4) is 0 Å². The first kappa shape index (κ1) is 18.8. The Bertz CT molecular complexity index is 637. The van der Waals surface area contributed by atoms with E-state index in [0.717, 1.165) is 64.2 Å². The van der Waals surface area contributed by atoms with Gasteiger partial charge in [0, 0.05) is 37.6 Å². The van der Waals surface area contributed by atoms with E-state index in [2.05, 4.69) is 44.7 Å². The first-order valence-corrected chi connectivity index (χ1v) is 10.4. The maximum atomic E-state index is 13.7. The van der Waals surface area contributed by atoms with Crippen LogP contribution in [0.2, 0.25) is 0 Å². The van der Waals surface area contributed by atoms with E-state index in [1.807, 2.05) is 12.3 Å². The lowest BCUT2D eigenvalue weighted by atomic mass is 9.83. The summed E-state index contributed by atoms with van der Waals surface area (Å²) in [5.41, 5.74) is 1.19. The SMILES string of the molecule is CN1CCC2(CC1)CN(C(=O)C(c1cccnc1)N1CCCC1)CCN2C. The summed E-state index contributed by atoms with van der Waals surface area (Å²) in [6.45, 7) is 6.91. The van der Waals surface area contributed by atoms with Crippen LogP contribution in [0.4, 0.5) is 0 Å². The minimum atomic E-state index is -0.173. The summed E-state index contributed by atoms with van der Waals surface area (Å²) in [4.78, 5) is 27.4. The van der Waals surface area contributed by atoms with Gasteiger partial charge in [-0.15, -0.1) is 0 Å². The van der Waals surface area contributed by atoms with Crippen molar-refractivity contribution in [2.24, 2.45) is 0 Å². The van der Waals surface area contributed by atoms with Gasteiger partial charge in [0.15, 0.2) is 0 Å². The van der Waals surface area contributed by atoms with Crippen molar-refractivity contribution in [3.05, 3.63) is 30.1 Å². The fourth-order valence-electron chi connectivity index (χ4n) is 5.05. The summed E-state index contributed by atoms with van der Waals surface area (Å²) in [6.07, 6.45) is 8.32. The number of likely N-dealkylation sites (tertiary alicyclic amines) is 2. The van der Waals surface area contributed by atoms with Gasteiger partial charge in [0.05, 0.1) is 0 Å². The fourth-order valence-corrected chi connectivity index (χ4v) is 5.05. The van der Waals surface area contributed by atoms with Gasteiger partial charge in [-0.05, 0) is 77.6 Å². The molecule has 148 valence electrons.